The van der Waals surface area contributed by atoms with Crippen LogP contribution in [0, 0.1) is 11.2 Å². The van der Waals surface area contributed by atoms with E-state index in [4.69, 9.17) is 0 Å². The van der Waals surface area contributed by atoms with Crippen molar-refractivity contribution in [2.24, 2.45) is 12.5 Å². The predicted octanol–water partition coefficient (Wildman–Crippen LogP) is 2.66. The topological polar surface area (TPSA) is 80.4 Å². The monoisotopic (exact) mass is 489 g/mol. The van der Waals surface area contributed by atoms with Gasteiger partial charge in [0.15, 0.2) is 5.65 Å². The van der Waals surface area contributed by atoms with Gasteiger partial charge in [-0.05, 0) is 23.6 Å². The number of fused-ring (bicyclic) bond motifs is 1. The number of imidazole rings is 1. The van der Waals surface area contributed by atoms with E-state index < -0.39 is 10.0 Å². The van der Waals surface area contributed by atoms with Crippen molar-refractivity contribution >= 4 is 21.2 Å². The Morgan fingerprint density at radius 3 is 2.35 bits per heavy atom. The molecule has 0 bridgehead atoms. The van der Waals surface area contributed by atoms with Gasteiger partial charge >= 0.3 is 5.69 Å². The van der Waals surface area contributed by atoms with Crippen LogP contribution in [0.25, 0.3) is 22.4 Å². The predicted molar refractivity (Wildman–Crippen MR) is 132 cm³/mol. The number of piperazine rings is 1. The maximum atomic E-state index is 15.5. The van der Waals surface area contributed by atoms with E-state index in [1.54, 1.807) is 35.9 Å². The van der Waals surface area contributed by atoms with E-state index in [9.17, 15) is 13.2 Å². The molecule has 1 fully saturated rings. The van der Waals surface area contributed by atoms with E-state index in [1.165, 1.54) is 15.1 Å². The summed E-state index contributed by atoms with van der Waals surface area (Å²) in [7, 11) is -1.52. The average molecular weight is 490 g/mol. The molecule has 0 saturated carbocycles. The molecule has 3 aromatic rings. The number of pyridine rings is 1. The summed E-state index contributed by atoms with van der Waals surface area (Å²) in [6.07, 6.45) is 1.21. The number of aryl methyl sites for hydroxylation is 1. The van der Waals surface area contributed by atoms with Gasteiger partial charge in [0.2, 0.25) is 10.0 Å². The SMILES string of the molecule is Cn1c(=O)n(CC(C)(C)C)c2ccc(-c3cccc(CN4CCN(S(C)(=O)=O)CC4)c3F)nc21. The Balaban J connectivity index is 1.62. The third kappa shape index (κ3) is 4.94. The molecule has 8 nitrogen and oxygen atoms in total. The Kier molecular flexibility index (Phi) is 6.43. The van der Waals surface area contributed by atoms with Crippen molar-refractivity contribution in [2.75, 3.05) is 32.4 Å². The van der Waals surface area contributed by atoms with Gasteiger partial charge in [0.25, 0.3) is 0 Å². The number of hydrogen-bond acceptors (Lipinski definition) is 5. The lowest BCUT2D eigenvalue weighted by molar-refractivity contribution is 0.180. The van der Waals surface area contributed by atoms with Crippen molar-refractivity contribution in [1.82, 2.24) is 23.3 Å². The Hall–Kier alpha value is -2.56. The lowest BCUT2D eigenvalue weighted by Gasteiger charge is -2.33. The minimum absolute atomic E-state index is 0.0793. The first-order valence-electron chi connectivity index (χ1n) is 11.4. The van der Waals surface area contributed by atoms with E-state index >= 15 is 4.39 Å². The Morgan fingerprint density at radius 1 is 1.06 bits per heavy atom. The van der Waals surface area contributed by atoms with Crippen molar-refractivity contribution in [3.8, 4) is 11.3 Å². The lowest BCUT2D eigenvalue weighted by Crippen LogP contribution is -2.47. The number of hydrogen-bond donors (Lipinski definition) is 0. The molecule has 1 aromatic carbocycles. The molecule has 34 heavy (non-hydrogen) atoms. The second kappa shape index (κ2) is 8.90. The molecule has 184 valence electrons. The van der Waals surface area contributed by atoms with Gasteiger partial charge in [0, 0.05) is 57.4 Å². The molecule has 3 heterocycles. The van der Waals surface area contributed by atoms with Gasteiger partial charge in [-0.1, -0.05) is 32.9 Å². The highest BCUT2D eigenvalue weighted by Crippen LogP contribution is 2.27. The molecule has 1 aliphatic heterocycles. The smallest absolute Gasteiger partial charge is 0.296 e. The maximum absolute atomic E-state index is 15.5. The molecule has 1 saturated heterocycles. The van der Waals surface area contributed by atoms with Crippen LogP contribution in [0.1, 0.15) is 26.3 Å². The van der Waals surface area contributed by atoms with E-state index in [1.807, 2.05) is 6.07 Å². The molecule has 0 atom stereocenters. The Labute approximate surface area is 199 Å². The third-order valence-corrected chi connectivity index (χ3v) is 7.47. The summed E-state index contributed by atoms with van der Waals surface area (Å²) in [5, 5.41) is 0. The van der Waals surface area contributed by atoms with Crippen LogP contribution in [0.15, 0.2) is 35.1 Å². The number of benzene rings is 1. The first-order chi connectivity index (χ1) is 15.8. The number of sulfonamides is 1. The van der Waals surface area contributed by atoms with Crippen molar-refractivity contribution in [3.63, 3.8) is 0 Å². The van der Waals surface area contributed by atoms with Crippen molar-refractivity contribution in [2.45, 2.75) is 33.9 Å². The minimum atomic E-state index is -3.21. The number of aromatic nitrogens is 3. The van der Waals surface area contributed by atoms with Gasteiger partial charge in [0.05, 0.1) is 17.5 Å². The minimum Gasteiger partial charge on any atom is -0.296 e. The zero-order chi connectivity index (χ0) is 24.8. The Morgan fingerprint density at radius 2 is 1.74 bits per heavy atom. The zero-order valence-corrected chi connectivity index (χ0v) is 21.2. The summed E-state index contributed by atoms with van der Waals surface area (Å²) in [5.41, 5.74) is 2.41. The highest BCUT2D eigenvalue weighted by molar-refractivity contribution is 7.88. The molecule has 4 rings (SSSR count). The van der Waals surface area contributed by atoms with E-state index in [-0.39, 0.29) is 16.9 Å². The van der Waals surface area contributed by atoms with Crippen LogP contribution in [0.4, 0.5) is 4.39 Å². The fourth-order valence-electron chi connectivity index (χ4n) is 4.41. The molecular formula is C24H32FN5O3S. The molecule has 0 radical (unpaired) electrons. The summed E-state index contributed by atoms with van der Waals surface area (Å²) in [6.45, 7) is 9.05. The fourth-order valence-corrected chi connectivity index (χ4v) is 5.24. The number of halogens is 1. The van der Waals surface area contributed by atoms with Crippen LogP contribution in [0.3, 0.4) is 0 Å². The largest absolute Gasteiger partial charge is 0.330 e. The van der Waals surface area contributed by atoms with E-state index in [2.05, 4.69) is 30.7 Å². The fraction of sp³-hybridized carbons (Fsp3) is 0.500. The van der Waals surface area contributed by atoms with Gasteiger partial charge in [-0.2, -0.15) is 4.31 Å². The van der Waals surface area contributed by atoms with Crippen LogP contribution < -0.4 is 5.69 Å². The third-order valence-electron chi connectivity index (χ3n) is 6.16. The standard InChI is InChI=1S/C24H32FN5O3S/c1-24(2,3)16-30-20-10-9-19(26-22(20)27(4)23(30)31)18-8-6-7-17(21(18)25)15-28-11-13-29(14-12-28)34(5,32)33/h6-10H,11-16H2,1-5H3. The molecule has 0 spiro atoms. The zero-order valence-electron chi connectivity index (χ0n) is 20.4. The van der Waals surface area contributed by atoms with E-state index in [0.717, 1.165) is 5.52 Å². The van der Waals surface area contributed by atoms with Gasteiger partial charge in [-0.15, -0.1) is 0 Å². The van der Waals surface area contributed by atoms with Crippen LogP contribution in [0.2, 0.25) is 0 Å². The van der Waals surface area contributed by atoms with Crippen molar-refractivity contribution < 1.29 is 12.8 Å². The van der Waals surface area contributed by atoms with Crippen molar-refractivity contribution in [1.29, 1.82) is 0 Å². The van der Waals surface area contributed by atoms with Gasteiger partial charge in [-0.3, -0.25) is 14.0 Å². The molecule has 0 unspecified atom stereocenters. The molecule has 0 aliphatic carbocycles. The molecule has 0 amide bonds. The maximum Gasteiger partial charge on any atom is 0.330 e. The van der Waals surface area contributed by atoms with Crippen LogP contribution in [-0.2, 0) is 30.2 Å². The van der Waals surface area contributed by atoms with Crippen LogP contribution >= 0.6 is 0 Å². The van der Waals surface area contributed by atoms with Gasteiger partial charge < -0.3 is 0 Å². The normalized spacial score (nSPS) is 16.4. The molecule has 2 aromatic heterocycles. The molecule has 10 heteroatoms. The molecule has 1 aliphatic rings. The van der Waals surface area contributed by atoms with E-state index in [0.29, 0.717) is 61.7 Å². The first-order valence-corrected chi connectivity index (χ1v) is 13.2. The van der Waals surface area contributed by atoms with Gasteiger partial charge in [-0.25, -0.2) is 22.6 Å². The highest BCUT2D eigenvalue weighted by Gasteiger charge is 2.25. The quantitative estimate of drug-likeness (QED) is 0.551. The summed E-state index contributed by atoms with van der Waals surface area (Å²) < 4.78 is 43.7. The second-order valence-electron chi connectivity index (χ2n) is 10.2. The number of nitrogens with zero attached hydrogens (tertiary/aromatic N) is 5. The lowest BCUT2D eigenvalue weighted by atomic mass is 9.97. The summed E-state index contributed by atoms with van der Waals surface area (Å²) in [6, 6.07) is 8.83. The molecular weight excluding hydrogens is 457 g/mol. The Bertz CT molecular complexity index is 1380. The summed E-state index contributed by atoms with van der Waals surface area (Å²) in [4.78, 5) is 19.5. The summed E-state index contributed by atoms with van der Waals surface area (Å²) >= 11 is 0. The van der Waals surface area contributed by atoms with Crippen LogP contribution in [-0.4, -0.2) is 64.2 Å². The molecule has 0 N–H and O–H groups in total. The van der Waals surface area contributed by atoms with Gasteiger partial charge in [0.1, 0.15) is 5.82 Å². The first kappa shape index (κ1) is 24.6. The van der Waals surface area contributed by atoms with Crippen molar-refractivity contribution in [3.05, 3.63) is 52.2 Å². The summed E-state index contributed by atoms with van der Waals surface area (Å²) in [5.74, 6) is -0.348. The highest BCUT2D eigenvalue weighted by atomic mass is 32.2. The number of rotatable bonds is 5. The van der Waals surface area contributed by atoms with Crippen LogP contribution in [0.5, 0.6) is 0 Å². The second-order valence-corrected chi connectivity index (χ2v) is 12.2. The average Bonchev–Trinajstić information content (AvgIpc) is 2.98.